The van der Waals surface area contributed by atoms with Crippen LogP contribution in [0, 0.1) is 13.8 Å². The maximum absolute atomic E-state index is 13.0. The van der Waals surface area contributed by atoms with Crippen LogP contribution in [0.4, 0.5) is 13.9 Å². The zero-order valence-electron chi connectivity index (χ0n) is 14.3. The molecular weight excluding hydrogens is 362 g/mol. The molecule has 136 valence electrons. The minimum Gasteiger partial charge on any atom is -0.496 e. The smallest absolute Gasteiger partial charge is 0.320 e. The van der Waals surface area contributed by atoms with E-state index in [1.165, 1.54) is 19.5 Å². The number of anilines is 1. The van der Waals surface area contributed by atoms with Crippen LogP contribution in [0.25, 0.3) is 10.7 Å². The maximum Gasteiger partial charge on any atom is 0.320 e. The Hall–Kier alpha value is -2.81. The molecule has 0 aliphatic heterocycles. The molecular formula is C17H16F2N4O2S. The molecule has 6 nitrogen and oxygen atoms in total. The topological polar surface area (TPSA) is 69.0 Å². The standard InChI is InChI=1S/C17H16F2N4O2S/c1-9-4-5-11(8-12(9)25-3)15(24)22-17-21-10(2)13(26-17)14-20-6-7-23(14)16(18)19/h4-8,16H,1-3H3,(H,21,22,24). The second kappa shape index (κ2) is 7.20. The van der Waals surface area contributed by atoms with Crippen LogP contribution < -0.4 is 10.1 Å². The number of carbonyl (C=O) groups excluding carboxylic acids is 1. The summed E-state index contributed by atoms with van der Waals surface area (Å²) in [7, 11) is 1.53. The molecule has 0 spiro atoms. The summed E-state index contributed by atoms with van der Waals surface area (Å²) in [6.07, 6.45) is 2.51. The van der Waals surface area contributed by atoms with Crippen molar-refractivity contribution in [2.75, 3.05) is 12.4 Å². The van der Waals surface area contributed by atoms with E-state index in [2.05, 4.69) is 15.3 Å². The molecule has 3 rings (SSSR count). The van der Waals surface area contributed by atoms with Gasteiger partial charge in [-0.25, -0.2) is 9.97 Å². The third-order valence-electron chi connectivity index (χ3n) is 3.77. The first-order chi connectivity index (χ1) is 12.4. The lowest BCUT2D eigenvalue weighted by molar-refractivity contribution is 0.0720. The number of hydrogen-bond acceptors (Lipinski definition) is 5. The fraction of sp³-hybridized carbons (Fsp3) is 0.235. The summed E-state index contributed by atoms with van der Waals surface area (Å²) in [6, 6.07) is 5.10. The molecule has 9 heteroatoms. The maximum atomic E-state index is 13.0. The van der Waals surface area contributed by atoms with Crippen LogP contribution in [0.1, 0.15) is 28.2 Å². The van der Waals surface area contributed by atoms with Crippen LogP contribution in [0.2, 0.25) is 0 Å². The second-order valence-corrected chi connectivity index (χ2v) is 6.51. The second-order valence-electron chi connectivity index (χ2n) is 5.51. The van der Waals surface area contributed by atoms with Crippen LogP contribution in [-0.4, -0.2) is 27.6 Å². The largest absolute Gasteiger partial charge is 0.496 e. The molecule has 0 saturated heterocycles. The number of amides is 1. The predicted octanol–water partition coefficient (Wildman–Crippen LogP) is 4.28. The van der Waals surface area contributed by atoms with Crippen LogP contribution in [0.5, 0.6) is 5.75 Å². The molecule has 0 saturated carbocycles. The number of alkyl halides is 2. The van der Waals surface area contributed by atoms with Crippen LogP contribution in [0.3, 0.4) is 0 Å². The number of aryl methyl sites for hydroxylation is 2. The normalized spacial score (nSPS) is 11.0. The van der Waals surface area contributed by atoms with Crippen molar-refractivity contribution in [3.8, 4) is 16.5 Å². The van der Waals surface area contributed by atoms with Gasteiger partial charge in [0, 0.05) is 18.0 Å². The average Bonchev–Trinajstić information content (AvgIpc) is 3.21. The van der Waals surface area contributed by atoms with E-state index in [1.807, 2.05) is 6.92 Å². The van der Waals surface area contributed by atoms with E-state index in [-0.39, 0.29) is 11.7 Å². The molecule has 0 atom stereocenters. The Morgan fingerprint density at radius 1 is 1.35 bits per heavy atom. The van der Waals surface area contributed by atoms with Gasteiger partial charge in [-0.05, 0) is 31.5 Å². The van der Waals surface area contributed by atoms with E-state index in [1.54, 1.807) is 25.1 Å². The number of methoxy groups -OCH3 is 1. The van der Waals surface area contributed by atoms with Gasteiger partial charge in [0.15, 0.2) is 11.0 Å². The van der Waals surface area contributed by atoms with Gasteiger partial charge in [0.05, 0.1) is 17.7 Å². The van der Waals surface area contributed by atoms with Crippen molar-refractivity contribution >= 4 is 22.4 Å². The monoisotopic (exact) mass is 378 g/mol. The number of carbonyl (C=O) groups is 1. The number of thiazole rings is 1. The lowest BCUT2D eigenvalue weighted by atomic mass is 10.1. The van der Waals surface area contributed by atoms with E-state index in [0.29, 0.717) is 27.0 Å². The third-order valence-corrected chi connectivity index (χ3v) is 4.84. The van der Waals surface area contributed by atoms with Gasteiger partial charge in [0.25, 0.3) is 5.91 Å². The molecule has 3 aromatic rings. The van der Waals surface area contributed by atoms with E-state index in [4.69, 9.17) is 4.74 Å². The quantitative estimate of drug-likeness (QED) is 0.719. The van der Waals surface area contributed by atoms with Gasteiger partial charge in [0.1, 0.15) is 5.75 Å². The summed E-state index contributed by atoms with van der Waals surface area (Å²) in [5.41, 5.74) is 1.84. The lowest BCUT2D eigenvalue weighted by Gasteiger charge is -2.07. The summed E-state index contributed by atoms with van der Waals surface area (Å²) >= 11 is 1.09. The van der Waals surface area contributed by atoms with Crippen molar-refractivity contribution in [2.45, 2.75) is 20.4 Å². The number of benzene rings is 1. The van der Waals surface area contributed by atoms with Crippen molar-refractivity contribution in [1.82, 2.24) is 14.5 Å². The van der Waals surface area contributed by atoms with Crippen LogP contribution >= 0.6 is 11.3 Å². The first kappa shape index (κ1) is 18.0. The highest BCUT2D eigenvalue weighted by Gasteiger charge is 2.20. The molecule has 0 bridgehead atoms. The van der Waals surface area contributed by atoms with Gasteiger partial charge in [-0.15, -0.1) is 0 Å². The molecule has 0 unspecified atom stereocenters. The summed E-state index contributed by atoms with van der Waals surface area (Å²) < 4.78 is 32.1. The number of aromatic nitrogens is 3. The summed E-state index contributed by atoms with van der Waals surface area (Å²) in [5.74, 6) is 0.362. The number of nitrogens with one attached hydrogen (secondary N) is 1. The van der Waals surface area contributed by atoms with Gasteiger partial charge in [-0.2, -0.15) is 8.78 Å². The van der Waals surface area contributed by atoms with Gasteiger partial charge in [-0.3, -0.25) is 14.7 Å². The Labute approximate surface area is 152 Å². The Morgan fingerprint density at radius 2 is 2.12 bits per heavy atom. The molecule has 0 fully saturated rings. The van der Waals surface area contributed by atoms with Crippen LogP contribution in [0.15, 0.2) is 30.6 Å². The van der Waals surface area contributed by atoms with E-state index < -0.39 is 6.55 Å². The highest BCUT2D eigenvalue weighted by molar-refractivity contribution is 7.19. The SMILES string of the molecule is COc1cc(C(=O)Nc2nc(C)c(-c3nccn3C(F)F)s2)ccc1C. The number of hydrogen-bond donors (Lipinski definition) is 1. The summed E-state index contributed by atoms with van der Waals surface area (Å²) in [4.78, 5) is 21.1. The minimum absolute atomic E-state index is 0.118. The molecule has 2 heterocycles. The molecule has 2 aromatic heterocycles. The van der Waals surface area contributed by atoms with E-state index >= 15 is 0 Å². The van der Waals surface area contributed by atoms with Crippen molar-refractivity contribution < 1.29 is 18.3 Å². The van der Waals surface area contributed by atoms with E-state index in [9.17, 15) is 13.6 Å². The van der Waals surface area contributed by atoms with Crippen molar-refractivity contribution in [1.29, 1.82) is 0 Å². The molecule has 26 heavy (non-hydrogen) atoms. The van der Waals surface area contributed by atoms with Crippen molar-refractivity contribution in [3.63, 3.8) is 0 Å². The zero-order chi connectivity index (χ0) is 18.8. The van der Waals surface area contributed by atoms with Gasteiger partial charge in [0.2, 0.25) is 0 Å². The molecule has 0 radical (unpaired) electrons. The first-order valence-electron chi connectivity index (χ1n) is 7.65. The molecule has 1 amide bonds. The Balaban J connectivity index is 1.85. The Kier molecular flexibility index (Phi) is 4.99. The number of imidazole rings is 1. The zero-order valence-corrected chi connectivity index (χ0v) is 15.1. The highest BCUT2D eigenvalue weighted by Crippen LogP contribution is 2.33. The number of rotatable bonds is 5. The van der Waals surface area contributed by atoms with Crippen LogP contribution in [-0.2, 0) is 0 Å². The van der Waals surface area contributed by atoms with Crippen molar-refractivity contribution in [3.05, 3.63) is 47.4 Å². The summed E-state index contributed by atoms with van der Waals surface area (Å²) in [5, 5.41) is 3.00. The Morgan fingerprint density at radius 3 is 2.81 bits per heavy atom. The molecule has 1 N–H and O–H groups in total. The first-order valence-corrected chi connectivity index (χ1v) is 8.47. The Bertz CT molecular complexity index is 952. The fourth-order valence-electron chi connectivity index (χ4n) is 2.43. The van der Waals surface area contributed by atoms with E-state index in [0.717, 1.165) is 21.5 Å². The van der Waals surface area contributed by atoms with Gasteiger partial charge >= 0.3 is 6.55 Å². The average molecular weight is 378 g/mol. The molecule has 0 aliphatic carbocycles. The number of nitrogens with zero attached hydrogens (tertiary/aromatic N) is 3. The van der Waals surface area contributed by atoms with Gasteiger partial charge in [-0.1, -0.05) is 17.4 Å². The molecule has 0 aliphatic rings. The van der Waals surface area contributed by atoms with Crippen molar-refractivity contribution in [2.24, 2.45) is 0 Å². The van der Waals surface area contributed by atoms with Gasteiger partial charge < -0.3 is 4.74 Å². The highest BCUT2D eigenvalue weighted by atomic mass is 32.1. The molecule has 1 aromatic carbocycles. The third kappa shape index (κ3) is 3.43. The predicted molar refractivity (Wildman–Crippen MR) is 95.0 cm³/mol. The number of halogens is 2. The lowest BCUT2D eigenvalue weighted by Crippen LogP contribution is -2.12. The summed E-state index contributed by atoms with van der Waals surface area (Å²) in [6.45, 7) is 0.857. The number of ether oxygens (including phenoxy) is 1. The minimum atomic E-state index is -2.70. The fourth-order valence-corrected chi connectivity index (χ4v) is 3.40.